The second-order valence-corrected chi connectivity index (χ2v) is 3.41. The van der Waals surface area contributed by atoms with Gasteiger partial charge in [0.25, 0.3) is 0 Å². The van der Waals surface area contributed by atoms with E-state index < -0.39 is 0 Å². The molecule has 0 aliphatic heterocycles. The van der Waals surface area contributed by atoms with Crippen LogP contribution in [0.25, 0.3) is 0 Å². The molecule has 0 spiro atoms. The Bertz CT molecular complexity index is 130. The van der Waals surface area contributed by atoms with Gasteiger partial charge < -0.3 is 5.73 Å². The van der Waals surface area contributed by atoms with Crippen molar-refractivity contribution in [2.75, 3.05) is 17.5 Å². The predicted molar refractivity (Wildman–Crippen MR) is 54.8 cm³/mol. The van der Waals surface area contributed by atoms with Crippen molar-refractivity contribution >= 4 is 28.5 Å². The predicted octanol–water partition coefficient (Wildman–Crippen LogP) is 0.617. The zero-order valence-electron chi connectivity index (χ0n) is 7.01. The lowest BCUT2D eigenvalue weighted by Crippen LogP contribution is -2.40. The highest BCUT2D eigenvalue weighted by Crippen LogP contribution is 2.01. The van der Waals surface area contributed by atoms with Gasteiger partial charge in [-0.3, -0.25) is 9.69 Å². The maximum absolute atomic E-state index is 10.6. The van der Waals surface area contributed by atoms with E-state index in [2.05, 4.69) is 34.4 Å². The van der Waals surface area contributed by atoms with Crippen molar-refractivity contribution in [1.82, 2.24) is 4.90 Å². The summed E-state index contributed by atoms with van der Waals surface area (Å²) in [5.41, 5.74) is 5.08. The molecule has 4 heteroatoms. The number of likely N-dealkylation sites (N-methyl/N-ethyl adjacent to an activating group) is 1. The van der Waals surface area contributed by atoms with E-state index in [1.165, 1.54) is 0 Å². The van der Waals surface area contributed by atoms with E-state index in [1.807, 2.05) is 6.92 Å². The average Bonchev–Trinajstić information content (AvgIpc) is 1.98. The van der Waals surface area contributed by atoms with Gasteiger partial charge in [-0.15, -0.1) is 0 Å². The van der Waals surface area contributed by atoms with Crippen molar-refractivity contribution in [3.8, 4) is 0 Å². The number of halogens is 1. The average molecular weight is 270 g/mol. The Morgan fingerprint density at radius 2 is 2.27 bits per heavy atom. The summed E-state index contributed by atoms with van der Waals surface area (Å²) in [7, 11) is 0. The van der Waals surface area contributed by atoms with Crippen LogP contribution in [0.4, 0.5) is 0 Å². The maximum Gasteiger partial charge on any atom is 0.231 e. The van der Waals surface area contributed by atoms with Crippen LogP contribution in [-0.2, 0) is 4.79 Å². The lowest BCUT2D eigenvalue weighted by atomic mass is 10.3. The summed E-state index contributed by atoms with van der Waals surface area (Å²) in [6, 6.07) is 0.438. The molecule has 66 valence electrons. The van der Waals surface area contributed by atoms with Crippen LogP contribution < -0.4 is 5.73 Å². The van der Waals surface area contributed by atoms with Crippen molar-refractivity contribution in [1.29, 1.82) is 0 Å². The summed E-state index contributed by atoms with van der Waals surface area (Å²) in [5.74, 6) is -0.247. The molecule has 0 saturated carbocycles. The Balaban J connectivity index is 3.84. The zero-order valence-corrected chi connectivity index (χ0v) is 9.17. The molecule has 3 nitrogen and oxygen atoms in total. The number of hydrogen-bond donors (Lipinski definition) is 1. The van der Waals surface area contributed by atoms with E-state index in [0.29, 0.717) is 12.6 Å². The fourth-order valence-corrected chi connectivity index (χ4v) is 1.43. The van der Waals surface area contributed by atoms with Crippen molar-refractivity contribution in [2.24, 2.45) is 5.73 Å². The molecular formula is C7H15IN2O. The standard InChI is InChI=1S/C7H15IN2O/c1-3-10(5-7(9)11)6(2)4-8/h6H,3-5H2,1-2H3,(H2,9,11). The lowest BCUT2D eigenvalue weighted by molar-refractivity contribution is -0.119. The third-order valence-corrected chi connectivity index (χ3v) is 2.89. The maximum atomic E-state index is 10.6. The van der Waals surface area contributed by atoms with Crippen LogP contribution in [0.2, 0.25) is 0 Å². The van der Waals surface area contributed by atoms with Gasteiger partial charge in [-0.25, -0.2) is 0 Å². The minimum absolute atomic E-state index is 0.247. The molecule has 0 aromatic heterocycles. The molecule has 0 rings (SSSR count). The van der Waals surface area contributed by atoms with E-state index in [-0.39, 0.29) is 5.91 Å². The van der Waals surface area contributed by atoms with Gasteiger partial charge in [0, 0.05) is 10.5 Å². The Kier molecular flexibility index (Phi) is 5.85. The molecule has 1 amide bonds. The van der Waals surface area contributed by atoms with Crippen LogP contribution in [0.1, 0.15) is 13.8 Å². The first-order valence-electron chi connectivity index (χ1n) is 3.70. The molecule has 11 heavy (non-hydrogen) atoms. The van der Waals surface area contributed by atoms with E-state index >= 15 is 0 Å². The van der Waals surface area contributed by atoms with Gasteiger partial charge in [-0.05, 0) is 13.5 Å². The van der Waals surface area contributed by atoms with Gasteiger partial charge in [-0.1, -0.05) is 29.5 Å². The molecule has 0 heterocycles. The highest BCUT2D eigenvalue weighted by molar-refractivity contribution is 14.1. The molecule has 0 aromatic carbocycles. The van der Waals surface area contributed by atoms with Gasteiger partial charge in [0.2, 0.25) is 5.91 Å². The second-order valence-electron chi connectivity index (χ2n) is 2.53. The monoisotopic (exact) mass is 270 g/mol. The number of amides is 1. The topological polar surface area (TPSA) is 46.3 Å². The first-order valence-corrected chi connectivity index (χ1v) is 5.22. The van der Waals surface area contributed by atoms with Crippen LogP contribution in [0.3, 0.4) is 0 Å². The summed E-state index contributed by atoms with van der Waals surface area (Å²) in [6.45, 7) is 5.39. The molecule has 0 aromatic rings. The Morgan fingerprint density at radius 3 is 2.55 bits per heavy atom. The van der Waals surface area contributed by atoms with Crippen molar-refractivity contribution in [3.63, 3.8) is 0 Å². The minimum atomic E-state index is -0.247. The molecule has 0 fully saturated rings. The van der Waals surface area contributed by atoms with Gasteiger partial charge in [0.15, 0.2) is 0 Å². The van der Waals surface area contributed by atoms with Crippen LogP contribution >= 0.6 is 22.6 Å². The highest BCUT2D eigenvalue weighted by atomic mass is 127. The molecule has 0 aliphatic carbocycles. The zero-order chi connectivity index (χ0) is 8.85. The number of carbonyl (C=O) groups excluding carboxylic acids is 1. The Hall–Kier alpha value is 0.160. The van der Waals surface area contributed by atoms with Crippen LogP contribution in [0.5, 0.6) is 0 Å². The smallest absolute Gasteiger partial charge is 0.231 e. The number of nitrogens with zero attached hydrogens (tertiary/aromatic N) is 1. The van der Waals surface area contributed by atoms with E-state index in [4.69, 9.17) is 5.73 Å². The van der Waals surface area contributed by atoms with Crippen molar-refractivity contribution in [3.05, 3.63) is 0 Å². The molecule has 0 aliphatic rings. The third-order valence-electron chi connectivity index (χ3n) is 1.61. The lowest BCUT2D eigenvalue weighted by Gasteiger charge is -2.24. The molecule has 0 saturated heterocycles. The largest absolute Gasteiger partial charge is 0.369 e. The fourth-order valence-electron chi connectivity index (χ4n) is 0.877. The number of hydrogen-bond acceptors (Lipinski definition) is 2. The minimum Gasteiger partial charge on any atom is -0.369 e. The number of rotatable bonds is 5. The molecular weight excluding hydrogens is 255 g/mol. The summed E-state index contributed by atoms with van der Waals surface area (Å²) in [6.07, 6.45) is 0. The number of carbonyl (C=O) groups is 1. The summed E-state index contributed by atoms with van der Waals surface area (Å²) < 4.78 is 1.03. The first-order chi connectivity index (χ1) is 5.11. The third kappa shape index (κ3) is 4.58. The van der Waals surface area contributed by atoms with Crippen molar-refractivity contribution < 1.29 is 4.79 Å². The van der Waals surface area contributed by atoms with Crippen LogP contribution in [0.15, 0.2) is 0 Å². The number of nitrogens with two attached hydrogens (primary N) is 1. The SMILES string of the molecule is CCN(CC(N)=O)C(C)CI. The van der Waals surface area contributed by atoms with E-state index in [9.17, 15) is 4.79 Å². The normalized spacial score (nSPS) is 13.5. The van der Waals surface area contributed by atoms with Gasteiger partial charge in [0.05, 0.1) is 6.54 Å². The quantitative estimate of drug-likeness (QED) is 0.588. The molecule has 1 unspecified atom stereocenters. The van der Waals surface area contributed by atoms with Gasteiger partial charge >= 0.3 is 0 Å². The molecule has 0 bridgehead atoms. The Morgan fingerprint density at radius 1 is 1.73 bits per heavy atom. The van der Waals surface area contributed by atoms with Gasteiger partial charge in [0.1, 0.15) is 0 Å². The second kappa shape index (κ2) is 5.77. The van der Waals surface area contributed by atoms with Crippen LogP contribution in [-0.4, -0.2) is 34.4 Å². The van der Waals surface area contributed by atoms with E-state index in [0.717, 1.165) is 11.0 Å². The number of alkyl halides is 1. The fraction of sp³-hybridized carbons (Fsp3) is 0.857. The van der Waals surface area contributed by atoms with Crippen molar-refractivity contribution in [2.45, 2.75) is 19.9 Å². The van der Waals surface area contributed by atoms with Crippen LogP contribution in [0, 0.1) is 0 Å². The first kappa shape index (κ1) is 11.2. The number of primary amides is 1. The molecule has 0 radical (unpaired) electrons. The highest BCUT2D eigenvalue weighted by Gasteiger charge is 2.11. The summed E-state index contributed by atoms with van der Waals surface area (Å²) >= 11 is 2.30. The summed E-state index contributed by atoms with van der Waals surface area (Å²) in [4.78, 5) is 12.6. The molecule has 1 atom stereocenters. The summed E-state index contributed by atoms with van der Waals surface area (Å²) in [5, 5.41) is 0. The Labute approximate surface area is 81.5 Å². The molecule has 2 N–H and O–H groups in total. The van der Waals surface area contributed by atoms with Gasteiger partial charge in [-0.2, -0.15) is 0 Å². The van der Waals surface area contributed by atoms with E-state index in [1.54, 1.807) is 0 Å².